The van der Waals surface area contributed by atoms with E-state index >= 15 is 0 Å². The third kappa shape index (κ3) is 1.26. The molecule has 1 aromatic heterocycles. The Morgan fingerprint density at radius 2 is 2.44 bits per heavy atom. The highest BCUT2D eigenvalue weighted by atomic mass is 79.9. The standard InChI is InChI=1S/C3H3BrN4O/c4-2-1-6-3(5)7-8(2)9/h1H,(H2,5,6,7). The lowest BCUT2D eigenvalue weighted by molar-refractivity contribution is -0.679. The summed E-state index contributed by atoms with van der Waals surface area (Å²) in [4.78, 5) is 3.89. The van der Waals surface area contributed by atoms with Crippen LogP contribution in [0.3, 0.4) is 0 Å². The summed E-state index contributed by atoms with van der Waals surface area (Å²) in [7, 11) is 0. The zero-order valence-electron chi connectivity index (χ0n) is 4.28. The van der Waals surface area contributed by atoms with Crippen molar-refractivity contribution in [2.24, 2.45) is 0 Å². The maximum Gasteiger partial charge on any atom is 0.304 e. The van der Waals surface area contributed by atoms with Crippen LogP contribution in [0.4, 0.5) is 5.95 Å². The van der Waals surface area contributed by atoms with E-state index in [-0.39, 0.29) is 10.6 Å². The monoisotopic (exact) mass is 190 g/mol. The van der Waals surface area contributed by atoms with E-state index in [1.165, 1.54) is 6.20 Å². The van der Waals surface area contributed by atoms with Crippen molar-refractivity contribution < 1.29 is 4.85 Å². The first-order valence-electron chi connectivity index (χ1n) is 2.08. The summed E-state index contributed by atoms with van der Waals surface area (Å²) in [6, 6.07) is 0. The van der Waals surface area contributed by atoms with Crippen LogP contribution in [0.2, 0.25) is 0 Å². The van der Waals surface area contributed by atoms with Crippen LogP contribution in [0.1, 0.15) is 0 Å². The van der Waals surface area contributed by atoms with Crippen LogP contribution in [0.15, 0.2) is 10.8 Å². The first-order valence-corrected chi connectivity index (χ1v) is 2.87. The Hall–Kier alpha value is -0.910. The van der Waals surface area contributed by atoms with Gasteiger partial charge in [0.15, 0.2) is 0 Å². The molecule has 0 spiro atoms. The fourth-order valence-corrected chi connectivity index (χ4v) is 0.517. The molecule has 0 aromatic carbocycles. The quantitative estimate of drug-likeness (QED) is 0.441. The Morgan fingerprint density at radius 1 is 1.78 bits per heavy atom. The minimum Gasteiger partial charge on any atom is -0.593 e. The minimum atomic E-state index is -0.0341. The molecule has 5 nitrogen and oxygen atoms in total. The summed E-state index contributed by atoms with van der Waals surface area (Å²) in [5, 5.41) is 13.7. The van der Waals surface area contributed by atoms with E-state index in [4.69, 9.17) is 5.73 Å². The molecule has 0 aliphatic rings. The molecule has 0 radical (unpaired) electrons. The van der Waals surface area contributed by atoms with Gasteiger partial charge in [0.25, 0.3) is 5.95 Å². The highest BCUT2D eigenvalue weighted by molar-refractivity contribution is 9.10. The number of hydrogen-bond donors (Lipinski definition) is 1. The van der Waals surface area contributed by atoms with E-state index in [0.29, 0.717) is 4.85 Å². The molecule has 2 N–H and O–H groups in total. The molecule has 0 bridgehead atoms. The SMILES string of the molecule is Nc1ncc(Br)[n+]([O-])n1. The minimum absolute atomic E-state index is 0.0341. The second-order valence-corrected chi connectivity index (χ2v) is 2.12. The van der Waals surface area contributed by atoms with Crippen molar-refractivity contribution in [1.82, 2.24) is 10.1 Å². The van der Waals surface area contributed by atoms with Gasteiger partial charge < -0.3 is 10.9 Å². The average Bonchev–Trinajstić information content (AvgIpc) is 1.80. The summed E-state index contributed by atoms with van der Waals surface area (Å²) in [5.41, 5.74) is 5.06. The van der Waals surface area contributed by atoms with Gasteiger partial charge in [-0.2, -0.15) is 0 Å². The van der Waals surface area contributed by atoms with Crippen molar-refractivity contribution in [2.45, 2.75) is 0 Å². The maximum atomic E-state index is 10.5. The largest absolute Gasteiger partial charge is 0.593 e. The molecule has 0 unspecified atom stereocenters. The molecule has 48 valence electrons. The first kappa shape index (κ1) is 6.21. The molecular weight excluding hydrogens is 188 g/mol. The molecule has 0 aliphatic carbocycles. The number of nitrogen functional groups attached to an aromatic ring is 1. The number of nitrogens with two attached hydrogens (primary N) is 1. The summed E-state index contributed by atoms with van der Waals surface area (Å²) >= 11 is 2.90. The van der Waals surface area contributed by atoms with Gasteiger partial charge in [0.2, 0.25) is 0 Å². The van der Waals surface area contributed by atoms with E-state index in [1.54, 1.807) is 0 Å². The van der Waals surface area contributed by atoms with Crippen LogP contribution in [0.5, 0.6) is 0 Å². The van der Waals surface area contributed by atoms with Gasteiger partial charge in [-0.15, -0.1) is 0 Å². The summed E-state index contributed by atoms with van der Waals surface area (Å²) in [6.07, 6.45) is 1.29. The predicted octanol–water partition coefficient (Wildman–Crippen LogP) is -0.545. The van der Waals surface area contributed by atoms with Gasteiger partial charge in [0, 0.05) is 15.9 Å². The van der Waals surface area contributed by atoms with Gasteiger partial charge in [0.1, 0.15) is 6.20 Å². The molecule has 0 fully saturated rings. The fraction of sp³-hybridized carbons (Fsp3) is 0. The first-order chi connectivity index (χ1) is 4.20. The van der Waals surface area contributed by atoms with E-state index < -0.39 is 0 Å². The van der Waals surface area contributed by atoms with Crippen molar-refractivity contribution >= 4 is 21.9 Å². The van der Waals surface area contributed by atoms with Crippen molar-refractivity contribution in [3.8, 4) is 0 Å². The zero-order chi connectivity index (χ0) is 6.85. The van der Waals surface area contributed by atoms with Crippen molar-refractivity contribution in [1.29, 1.82) is 0 Å². The van der Waals surface area contributed by atoms with Gasteiger partial charge >= 0.3 is 4.60 Å². The molecule has 0 aliphatic heterocycles. The van der Waals surface area contributed by atoms with E-state index in [2.05, 4.69) is 26.0 Å². The van der Waals surface area contributed by atoms with Crippen LogP contribution < -0.4 is 10.6 Å². The molecule has 0 atom stereocenters. The number of halogens is 1. The van der Waals surface area contributed by atoms with Crippen LogP contribution in [-0.4, -0.2) is 10.1 Å². The number of anilines is 1. The second kappa shape index (κ2) is 2.14. The molecule has 0 amide bonds. The summed E-state index contributed by atoms with van der Waals surface area (Å²) < 4.78 is 0.247. The van der Waals surface area contributed by atoms with E-state index in [9.17, 15) is 5.21 Å². The Labute approximate surface area is 59.2 Å². The Bertz CT molecular complexity index is 227. The topological polar surface area (TPSA) is 78.7 Å². The van der Waals surface area contributed by atoms with E-state index in [1.807, 2.05) is 0 Å². The average molecular weight is 191 g/mol. The highest BCUT2D eigenvalue weighted by Crippen LogP contribution is 1.97. The second-order valence-electron chi connectivity index (χ2n) is 1.31. The molecule has 0 saturated heterocycles. The Morgan fingerprint density at radius 3 is 2.89 bits per heavy atom. The van der Waals surface area contributed by atoms with Crippen molar-refractivity contribution in [2.75, 3.05) is 5.73 Å². The van der Waals surface area contributed by atoms with Gasteiger partial charge in [0.05, 0.1) is 5.10 Å². The predicted molar refractivity (Wildman–Crippen MR) is 33.1 cm³/mol. The van der Waals surface area contributed by atoms with Crippen LogP contribution in [-0.2, 0) is 0 Å². The normalized spacial score (nSPS) is 9.44. The van der Waals surface area contributed by atoms with Crippen molar-refractivity contribution in [3.05, 3.63) is 16.0 Å². The molecule has 1 aromatic rings. The number of nitrogens with zero attached hydrogens (tertiary/aromatic N) is 3. The van der Waals surface area contributed by atoms with Gasteiger partial charge in [-0.05, 0) is 4.85 Å². The smallest absolute Gasteiger partial charge is 0.304 e. The lowest BCUT2D eigenvalue weighted by Crippen LogP contribution is -2.33. The Kier molecular flexibility index (Phi) is 1.48. The lowest BCUT2D eigenvalue weighted by atomic mass is 10.9. The van der Waals surface area contributed by atoms with Gasteiger partial charge in [-0.25, -0.2) is 4.98 Å². The zero-order valence-corrected chi connectivity index (χ0v) is 5.87. The van der Waals surface area contributed by atoms with Crippen LogP contribution in [0, 0.1) is 5.21 Å². The summed E-state index contributed by atoms with van der Waals surface area (Å²) in [5.74, 6) is -0.0341. The summed E-state index contributed by atoms with van der Waals surface area (Å²) in [6.45, 7) is 0. The molecular formula is C3H3BrN4O. The van der Waals surface area contributed by atoms with Gasteiger partial charge in [-0.3, -0.25) is 0 Å². The highest BCUT2D eigenvalue weighted by Gasteiger charge is 2.01. The fourth-order valence-electron chi connectivity index (χ4n) is 0.335. The lowest BCUT2D eigenvalue weighted by Gasteiger charge is -1.92. The number of hydrogen-bond acceptors (Lipinski definition) is 4. The number of aromatic nitrogens is 3. The molecule has 0 saturated carbocycles. The van der Waals surface area contributed by atoms with Crippen LogP contribution in [0.25, 0.3) is 0 Å². The Balaban J connectivity index is 3.17. The van der Waals surface area contributed by atoms with E-state index in [0.717, 1.165) is 0 Å². The maximum absolute atomic E-state index is 10.5. The third-order valence-electron chi connectivity index (χ3n) is 0.679. The molecule has 1 heterocycles. The number of rotatable bonds is 0. The van der Waals surface area contributed by atoms with Crippen LogP contribution >= 0.6 is 15.9 Å². The third-order valence-corrected chi connectivity index (χ3v) is 1.19. The molecule has 9 heavy (non-hydrogen) atoms. The molecule has 1 rings (SSSR count). The van der Waals surface area contributed by atoms with Crippen molar-refractivity contribution in [3.63, 3.8) is 0 Å². The molecule has 6 heteroatoms. The van der Waals surface area contributed by atoms with Gasteiger partial charge in [-0.1, -0.05) is 0 Å².